The van der Waals surface area contributed by atoms with E-state index >= 15 is 0 Å². The summed E-state index contributed by atoms with van der Waals surface area (Å²) >= 11 is 4.92. The third-order valence-electron chi connectivity index (χ3n) is 2.97. The Kier molecular flexibility index (Phi) is 5.19. The van der Waals surface area contributed by atoms with Crippen molar-refractivity contribution in [2.45, 2.75) is 0 Å². The highest BCUT2D eigenvalue weighted by molar-refractivity contribution is 7.80. The van der Waals surface area contributed by atoms with Crippen molar-refractivity contribution in [3.05, 3.63) is 68.3 Å². The number of benzene rings is 2. The number of amides is 1. The molecule has 0 fully saturated rings. The minimum Gasteiger partial charge on any atom is -0.506 e. The van der Waals surface area contributed by atoms with Gasteiger partial charge in [0.15, 0.2) is 5.11 Å². The third kappa shape index (κ3) is 4.45. The number of carbonyl (C=O) groups is 1. The van der Waals surface area contributed by atoms with Crippen molar-refractivity contribution in [3.8, 4) is 5.75 Å². The molecule has 2 aromatic rings. The Morgan fingerprint density at radius 2 is 1.60 bits per heavy atom. The van der Waals surface area contributed by atoms with Crippen molar-refractivity contribution < 1.29 is 19.7 Å². The van der Waals surface area contributed by atoms with E-state index in [2.05, 4.69) is 10.6 Å². The molecule has 0 bridgehead atoms. The number of phenolic OH excluding ortho intramolecular Hbond substituents is 1. The van der Waals surface area contributed by atoms with Gasteiger partial charge in [-0.1, -0.05) is 12.1 Å². The number of carbonyl (C=O) groups excluding carboxylic acids is 1. The van der Waals surface area contributed by atoms with Crippen LogP contribution in [0.2, 0.25) is 0 Å². The van der Waals surface area contributed by atoms with Crippen molar-refractivity contribution in [1.82, 2.24) is 5.32 Å². The van der Waals surface area contributed by atoms with Gasteiger partial charge in [0.2, 0.25) is 0 Å². The lowest BCUT2D eigenvalue weighted by molar-refractivity contribution is -0.394. The summed E-state index contributed by atoms with van der Waals surface area (Å²) in [6.07, 6.45) is 0. The van der Waals surface area contributed by atoms with Gasteiger partial charge in [0, 0.05) is 12.1 Å². The number of hydrogen-bond donors (Lipinski definition) is 3. The summed E-state index contributed by atoms with van der Waals surface area (Å²) in [6, 6.07) is 8.65. The third-order valence-corrected chi connectivity index (χ3v) is 3.17. The molecule has 0 atom stereocenters. The van der Waals surface area contributed by atoms with E-state index in [1.807, 2.05) is 0 Å². The minimum atomic E-state index is -0.875. The lowest BCUT2D eigenvalue weighted by Crippen LogP contribution is -2.34. The van der Waals surface area contributed by atoms with Crippen LogP contribution in [-0.4, -0.2) is 26.0 Å². The standard InChI is InChI=1S/C14H10N4O6S/c19-12-4-2-1-3-11(12)15-14(25)16-13(20)8-5-9(17(21)22)7-10(6-8)18(23)24/h1-7,19H,(H2,15,16,20,25). The van der Waals surface area contributed by atoms with Crippen LogP contribution in [0.1, 0.15) is 10.4 Å². The Labute approximate surface area is 145 Å². The summed E-state index contributed by atoms with van der Waals surface area (Å²) in [5.74, 6) is -0.982. The van der Waals surface area contributed by atoms with E-state index in [0.29, 0.717) is 0 Å². The predicted octanol–water partition coefficient (Wildman–Crippen LogP) is 2.34. The van der Waals surface area contributed by atoms with Crippen LogP contribution in [0.3, 0.4) is 0 Å². The molecule has 128 valence electrons. The number of non-ortho nitro benzene ring substituents is 2. The molecule has 25 heavy (non-hydrogen) atoms. The van der Waals surface area contributed by atoms with Gasteiger partial charge in [-0.2, -0.15) is 0 Å². The first-order chi connectivity index (χ1) is 11.8. The number of nitro groups is 2. The molecular weight excluding hydrogens is 352 g/mol. The smallest absolute Gasteiger partial charge is 0.277 e. The zero-order valence-corrected chi connectivity index (χ0v) is 13.1. The molecule has 0 aliphatic heterocycles. The predicted molar refractivity (Wildman–Crippen MR) is 91.5 cm³/mol. The minimum absolute atomic E-state index is 0.106. The molecule has 11 heteroatoms. The maximum atomic E-state index is 12.1. The van der Waals surface area contributed by atoms with Gasteiger partial charge < -0.3 is 10.4 Å². The second kappa shape index (κ2) is 7.31. The van der Waals surface area contributed by atoms with Gasteiger partial charge in [-0.3, -0.25) is 30.3 Å². The average molecular weight is 362 g/mol. The zero-order chi connectivity index (χ0) is 18.6. The Balaban J connectivity index is 2.20. The molecule has 2 aromatic carbocycles. The molecule has 0 aliphatic carbocycles. The number of anilines is 1. The molecular formula is C14H10N4O6S. The van der Waals surface area contributed by atoms with Crippen LogP contribution in [0.25, 0.3) is 0 Å². The first-order valence-corrected chi connectivity index (χ1v) is 7.03. The Morgan fingerprint density at radius 3 is 2.12 bits per heavy atom. The molecule has 0 saturated carbocycles. The molecule has 2 rings (SSSR count). The molecule has 0 aliphatic rings. The lowest BCUT2D eigenvalue weighted by Gasteiger charge is -2.10. The number of thiocarbonyl (C=S) groups is 1. The molecule has 0 unspecified atom stereocenters. The van der Waals surface area contributed by atoms with E-state index in [9.17, 15) is 30.1 Å². The van der Waals surface area contributed by atoms with E-state index in [1.54, 1.807) is 12.1 Å². The first-order valence-electron chi connectivity index (χ1n) is 6.62. The number of para-hydroxylation sites is 2. The highest BCUT2D eigenvalue weighted by atomic mass is 32.1. The highest BCUT2D eigenvalue weighted by Crippen LogP contribution is 2.23. The largest absolute Gasteiger partial charge is 0.506 e. The van der Waals surface area contributed by atoms with E-state index in [1.165, 1.54) is 12.1 Å². The fourth-order valence-corrected chi connectivity index (χ4v) is 2.05. The van der Waals surface area contributed by atoms with Crippen LogP contribution >= 0.6 is 12.2 Å². The van der Waals surface area contributed by atoms with Gasteiger partial charge in [-0.15, -0.1) is 0 Å². The van der Waals surface area contributed by atoms with Crippen LogP contribution in [-0.2, 0) is 0 Å². The van der Waals surface area contributed by atoms with Crippen LogP contribution in [0.15, 0.2) is 42.5 Å². The fraction of sp³-hybridized carbons (Fsp3) is 0. The number of phenols is 1. The summed E-state index contributed by atoms with van der Waals surface area (Å²) in [4.78, 5) is 32.1. The number of nitro benzene ring substituents is 2. The second-order valence-corrected chi connectivity index (χ2v) is 5.09. The summed E-state index contributed by atoms with van der Waals surface area (Å²) in [6.45, 7) is 0. The summed E-state index contributed by atoms with van der Waals surface area (Å²) in [7, 11) is 0. The molecule has 1 amide bonds. The number of aromatic hydroxyl groups is 1. The van der Waals surface area contributed by atoms with Crippen molar-refractivity contribution in [2.75, 3.05) is 5.32 Å². The van der Waals surface area contributed by atoms with E-state index in [4.69, 9.17) is 12.2 Å². The SMILES string of the molecule is O=C(NC(=S)Nc1ccccc1O)c1cc([N+](=O)[O-])cc([N+](=O)[O-])c1. The molecule has 0 spiro atoms. The number of nitrogens with one attached hydrogen (secondary N) is 2. The summed E-state index contributed by atoms with van der Waals surface area (Å²) in [5.41, 5.74) is -1.27. The van der Waals surface area contributed by atoms with Gasteiger partial charge in [0.05, 0.1) is 27.2 Å². The van der Waals surface area contributed by atoms with Crippen molar-refractivity contribution in [2.24, 2.45) is 0 Å². The van der Waals surface area contributed by atoms with Crippen molar-refractivity contribution >= 4 is 40.3 Å². The Bertz CT molecular complexity index is 853. The van der Waals surface area contributed by atoms with Gasteiger partial charge in [-0.25, -0.2) is 0 Å². The highest BCUT2D eigenvalue weighted by Gasteiger charge is 2.20. The van der Waals surface area contributed by atoms with Crippen molar-refractivity contribution in [3.63, 3.8) is 0 Å². The summed E-state index contributed by atoms with van der Waals surface area (Å²) in [5, 5.41) is 35.9. The second-order valence-electron chi connectivity index (χ2n) is 4.68. The van der Waals surface area contributed by atoms with Gasteiger partial charge >= 0.3 is 0 Å². The topological polar surface area (TPSA) is 148 Å². The lowest BCUT2D eigenvalue weighted by atomic mass is 10.1. The quantitative estimate of drug-likeness (QED) is 0.325. The van der Waals surface area contributed by atoms with Crippen LogP contribution in [0.5, 0.6) is 5.75 Å². The van der Waals surface area contributed by atoms with Crippen LogP contribution in [0, 0.1) is 20.2 Å². The Hall–Kier alpha value is -3.60. The fourth-order valence-electron chi connectivity index (χ4n) is 1.85. The molecule has 0 heterocycles. The van der Waals surface area contributed by atoms with Crippen LogP contribution < -0.4 is 10.6 Å². The van der Waals surface area contributed by atoms with E-state index < -0.39 is 27.1 Å². The normalized spacial score (nSPS) is 9.92. The molecule has 3 N–H and O–H groups in total. The van der Waals surface area contributed by atoms with Crippen LogP contribution in [0.4, 0.5) is 17.1 Å². The summed E-state index contributed by atoms with van der Waals surface area (Å²) < 4.78 is 0. The number of hydrogen-bond acceptors (Lipinski definition) is 7. The maximum Gasteiger partial charge on any atom is 0.277 e. The van der Waals surface area contributed by atoms with Gasteiger partial charge in [-0.05, 0) is 24.4 Å². The van der Waals surface area contributed by atoms with Crippen molar-refractivity contribution in [1.29, 1.82) is 0 Å². The molecule has 0 radical (unpaired) electrons. The zero-order valence-electron chi connectivity index (χ0n) is 12.3. The Morgan fingerprint density at radius 1 is 1.04 bits per heavy atom. The monoisotopic (exact) mass is 362 g/mol. The van der Waals surface area contributed by atoms with Gasteiger partial charge in [0.1, 0.15) is 5.75 Å². The average Bonchev–Trinajstić information content (AvgIpc) is 2.56. The van der Waals surface area contributed by atoms with E-state index in [0.717, 1.165) is 18.2 Å². The molecule has 10 nitrogen and oxygen atoms in total. The number of rotatable bonds is 4. The van der Waals surface area contributed by atoms with Gasteiger partial charge in [0.25, 0.3) is 17.3 Å². The number of nitrogens with zero attached hydrogens (tertiary/aromatic N) is 2. The first kappa shape index (κ1) is 17.7. The maximum absolute atomic E-state index is 12.1. The van der Waals surface area contributed by atoms with E-state index in [-0.39, 0.29) is 22.1 Å². The molecule has 0 saturated heterocycles. The molecule has 0 aromatic heterocycles.